The van der Waals surface area contributed by atoms with Crippen LogP contribution < -0.4 is 0 Å². The molecule has 0 saturated heterocycles. The van der Waals surface area contributed by atoms with E-state index in [4.69, 9.17) is 23.2 Å². The van der Waals surface area contributed by atoms with Crippen molar-refractivity contribution in [3.8, 4) is 0 Å². The molecular weight excluding hydrogens is 290 g/mol. The van der Waals surface area contributed by atoms with E-state index < -0.39 is 0 Å². The Labute approximate surface area is 74.9 Å². The van der Waals surface area contributed by atoms with E-state index in [1.165, 1.54) is 0 Å². The van der Waals surface area contributed by atoms with Crippen molar-refractivity contribution in [2.45, 2.75) is 0 Å². The Hall–Kier alpha value is 1.57. The largest absolute Gasteiger partial charge is 0.147 e. The fraction of sp³-hybridized carbons (Fsp3) is 0. The first-order valence-electron chi connectivity index (χ1n) is 1.01. The van der Waals surface area contributed by atoms with Crippen LogP contribution in [0.25, 0.3) is 0 Å². The van der Waals surface area contributed by atoms with Crippen molar-refractivity contribution in [1.29, 1.82) is 0 Å². The summed E-state index contributed by atoms with van der Waals surface area (Å²) in [6.07, 6.45) is 0. The van der Waals surface area contributed by atoms with Gasteiger partial charge in [-0.1, -0.05) is 23.2 Å². The Morgan fingerprint density at radius 3 is 1.29 bits per heavy atom. The molecule has 0 saturated carbocycles. The molecule has 0 spiro atoms. The van der Waals surface area contributed by atoms with Crippen molar-refractivity contribution in [1.82, 2.24) is 0 Å². The molecule has 44 valence electrons. The molecule has 0 aromatic rings. The van der Waals surface area contributed by atoms with Gasteiger partial charge < -0.3 is 0 Å². The summed E-state index contributed by atoms with van der Waals surface area (Å²) in [5.74, 6) is 0. The number of rotatable bonds is 0. The monoisotopic (exact) mass is 288 g/mol. The number of halogens is 5. The average Bonchev–Trinajstić information content (AvgIpc) is 1.36. The first kappa shape index (κ1) is 11.4. The molecule has 0 amide bonds. The lowest BCUT2D eigenvalue weighted by Gasteiger charge is -1.77. The molecule has 0 aromatic carbocycles. The lowest BCUT2D eigenvalue weighted by Crippen LogP contribution is -1.45. The van der Waals surface area contributed by atoms with Crippen molar-refractivity contribution >= 4 is 67.5 Å². The molecule has 0 aliphatic heterocycles. The normalized spacial score (nSPS) is 6.86. The maximum absolute atomic E-state index is 5.16. The second-order valence-electron chi connectivity index (χ2n) is 0.521. The molecule has 0 bridgehead atoms. The van der Waals surface area contributed by atoms with Gasteiger partial charge in [-0.15, -0.1) is 12.4 Å². The predicted octanol–water partition coefficient (Wildman–Crippen LogP) is 3.80. The lowest BCUT2D eigenvalue weighted by atomic mass is 11.2. The fourth-order valence-electron chi connectivity index (χ4n) is 0. The molecule has 0 aliphatic rings. The van der Waals surface area contributed by atoms with Gasteiger partial charge in [-0.3, -0.25) is 0 Å². The summed E-state index contributed by atoms with van der Waals surface area (Å²) in [7, 11) is 0. The molecule has 0 atom stereocenters. The van der Waals surface area contributed by atoms with Gasteiger partial charge in [-0.2, -0.15) is 0 Å². The Kier molecular flexibility index (Phi) is 9.27. The predicted molar refractivity (Wildman–Crippen MR) is 43.8 cm³/mol. The summed E-state index contributed by atoms with van der Waals surface area (Å²) >= 11 is 16.3. The number of hydrogen-bond acceptors (Lipinski definition) is 0. The van der Waals surface area contributed by atoms with Crippen LogP contribution in [0, 0.1) is 0 Å². The smallest absolute Gasteiger partial charge is 0.128 e. The van der Waals surface area contributed by atoms with Gasteiger partial charge in [0.1, 0.15) is 4.49 Å². The van der Waals surface area contributed by atoms with Crippen LogP contribution in [0.3, 0.4) is 0 Å². The third kappa shape index (κ3) is 7.57. The molecule has 0 radical (unpaired) electrons. The zero-order valence-corrected chi connectivity index (χ0v) is 8.42. The topological polar surface area (TPSA) is 0 Å². The van der Waals surface area contributed by atoms with E-state index in [2.05, 4.69) is 31.9 Å². The van der Waals surface area contributed by atoms with Crippen molar-refractivity contribution in [3.63, 3.8) is 0 Å². The van der Waals surface area contributed by atoms with Crippen molar-refractivity contribution < 1.29 is 0 Å². The summed E-state index contributed by atoms with van der Waals surface area (Å²) in [4.78, 5) is 0. The summed E-state index contributed by atoms with van der Waals surface area (Å²) in [5, 5.41) is 0. The minimum atomic E-state index is 0. The molecule has 0 N–H and O–H groups in total. The van der Waals surface area contributed by atoms with E-state index in [0.29, 0.717) is 3.39 Å². The Balaban J connectivity index is 0. The van der Waals surface area contributed by atoms with Crippen molar-refractivity contribution in [2.75, 3.05) is 0 Å². The molecule has 0 heterocycles. The van der Waals surface area contributed by atoms with Crippen LogP contribution in [-0.2, 0) is 0 Å². The minimum absolute atomic E-state index is 0. The van der Waals surface area contributed by atoms with E-state index in [-0.39, 0.29) is 16.9 Å². The van der Waals surface area contributed by atoms with Gasteiger partial charge in [-0.05, 0) is 31.9 Å². The molecule has 0 aliphatic carbocycles. The van der Waals surface area contributed by atoms with E-state index in [1.54, 1.807) is 0 Å². The van der Waals surface area contributed by atoms with Crippen LogP contribution >= 0.6 is 67.5 Å². The van der Waals surface area contributed by atoms with E-state index in [9.17, 15) is 0 Å². The Bertz CT molecular complexity index is 61.0. The molecule has 0 aromatic heterocycles. The highest BCUT2D eigenvalue weighted by atomic mass is 79.9. The molecule has 0 fully saturated rings. The zero-order valence-electron chi connectivity index (χ0n) is 2.92. The molecule has 5 heteroatoms. The van der Waals surface area contributed by atoms with Crippen LogP contribution in [0.5, 0.6) is 0 Å². The first-order chi connectivity index (χ1) is 2.64. The zero-order chi connectivity index (χ0) is 5.15. The quantitative estimate of drug-likeness (QED) is 0.637. The lowest BCUT2D eigenvalue weighted by molar-refractivity contribution is 2.36. The van der Waals surface area contributed by atoms with E-state index in [0.717, 1.165) is 0 Å². The summed E-state index contributed by atoms with van der Waals surface area (Å²) in [6.45, 7) is 0. The Morgan fingerprint density at radius 1 is 1.14 bits per heavy atom. The van der Waals surface area contributed by atoms with E-state index >= 15 is 0 Å². The van der Waals surface area contributed by atoms with Gasteiger partial charge in [-0.25, -0.2) is 0 Å². The van der Waals surface area contributed by atoms with Gasteiger partial charge in [0.15, 0.2) is 0 Å². The summed E-state index contributed by atoms with van der Waals surface area (Å²) in [5.41, 5.74) is 0. The van der Waals surface area contributed by atoms with Gasteiger partial charge in [0.2, 0.25) is 0 Å². The maximum Gasteiger partial charge on any atom is 0.128 e. The third-order valence-corrected chi connectivity index (χ3v) is 2.23. The van der Waals surface area contributed by atoms with Crippen LogP contribution in [0.4, 0.5) is 0 Å². The standard InChI is InChI=1S/C2Br2Cl2.ClH/c3-1(4)2(5)6;/h;1H. The highest BCUT2D eigenvalue weighted by Crippen LogP contribution is 2.24. The second-order valence-corrected chi connectivity index (χ2v) is 4.12. The SMILES string of the molecule is Cl.ClC(Cl)=C(Br)Br. The highest BCUT2D eigenvalue weighted by molar-refractivity contribution is 9.28. The molecule has 0 nitrogen and oxygen atoms in total. The van der Waals surface area contributed by atoms with Crippen LogP contribution in [0.15, 0.2) is 7.88 Å². The molecule has 0 unspecified atom stereocenters. The van der Waals surface area contributed by atoms with Crippen LogP contribution in [0.2, 0.25) is 0 Å². The third-order valence-electron chi connectivity index (χ3n) is 0.143. The molecule has 0 rings (SSSR count). The highest BCUT2D eigenvalue weighted by Gasteiger charge is 1.86. The Morgan fingerprint density at radius 2 is 1.29 bits per heavy atom. The maximum atomic E-state index is 5.16. The second kappa shape index (κ2) is 5.70. The summed E-state index contributed by atoms with van der Waals surface area (Å²) in [6, 6.07) is 0. The molecular formula is C2HBr2Cl3. The number of hydrogen-bond donors (Lipinski definition) is 0. The minimum Gasteiger partial charge on any atom is -0.147 e. The van der Waals surface area contributed by atoms with Gasteiger partial charge in [0.25, 0.3) is 0 Å². The van der Waals surface area contributed by atoms with Gasteiger partial charge in [0, 0.05) is 0 Å². The van der Waals surface area contributed by atoms with Crippen molar-refractivity contribution in [2.24, 2.45) is 0 Å². The van der Waals surface area contributed by atoms with Crippen LogP contribution in [0.1, 0.15) is 0 Å². The van der Waals surface area contributed by atoms with E-state index in [1.807, 2.05) is 0 Å². The average molecular weight is 291 g/mol. The fourth-order valence-corrected chi connectivity index (χ4v) is 0. The van der Waals surface area contributed by atoms with Gasteiger partial charge >= 0.3 is 0 Å². The van der Waals surface area contributed by atoms with Crippen LogP contribution in [-0.4, -0.2) is 0 Å². The first-order valence-corrected chi connectivity index (χ1v) is 3.35. The van der Waals surface area contributed by atoms with Crippen molar-refractivity contribution in [3.05, 3.63) is 7.88 Å². The molecule has 7 heavy (non-hydrogen) atoms. The van der Waals surface area contributed by atoms with Gasteiger partial charge in [0.05, 0.1) is 3.39 Å². The summed E-state index contributed by atoms with van der Waals surface area (Å²) < 4.78 is 0.785.